The molecule has 2 aromatic heterocycles. The van der Waals surface area contributed by atoms with Crippen LogP contribution in [0, 0.1) is 6.92 Å². The number of nitrogens with zero attached hydrogens (tertiary/aromatic N) is 3. The third-order valence-corrected chi connectivity index (χ3v) is 3.61. The fourth-order valence-electron chi connectivity index (χ4n) is 2.18. The summed E-state index contributed by atoms with van der Waals surface area (Å²) in [6.07, 6.45) is 3.45. The van der Waals surface area contributed by atoms with Crippen molar-refractivity contribution in [3.63, 3.8) is 0 Å². The number of hydrogen-bond donors (Lipinski definition) is 0. The summed E-state index contributed by atoms with van der Waals surface area (Å²) >= 11 is 6.30. The van der Waals surface area contributed by atoms with Crippen LogP contribution in [-0.2, 0) is 11.3 Å². The van der Waals surface area contributed by atoms with Crippen molar-refractivity contribution in [2.75, 3.05) is 13.7 Å². The van der Waals surface area contributed by atoms with Gasteiger partial charge in [-0.15, -0.1) is 0 Å². The molecule has 0 aromatic carbocycles. The van der Waals surface area contributed by atoms with Gasteiger partial charge in [-0.2, -0.15) is 5.10 Å². The van der Waals surface area contributed by atoms with E-state index in [1.165, 1.54) is 13.1 Å². The first-order valence-corrected chi connectivity index (χ1v) is 6.95. The molecule has 0 amide bonds. The molecule has 5 nitrogen and oxygen atoms in total. The molecule has 2 aromatic rings. The van der Waals surface area contributed by atoms with Crippen molar-refractivity contribution in [1.82, 2.24) is 14.8 Å². The number of unbranched alkanes of at least 4 members (excludes halogenated alkanes) is 1. The van der Waals surface area contributed by atoms with Crippen molar-refractivity contribution >= 4 is 28.4 Å². The van der Waals surface area contributed by atoms with Crippen molar-refractivity contribution in [3.8, 4) is 0 Å². The molecular weight excluding hydrogens is 278 g/mol. The van der Waals surface area contributed by atoms with E-state index in [9.17, 15) is 4.79 Å². The van der Waals surface area contributed by atoms with Crippen LogP contribution in [0.1, 0.15) is 35.8 Å². The van der Waals surface area contributed by atoms with Gasteiger partial charge in [-0.25, -0.2) is 9.67 Å². The Bertz CT molecular complexity index is 637. The van der Waals surface area contributed by atoms with E-state index < -0.39 is 0 Å². The number of ketones is 1. The average molecular weight is 296 g/mol. The second-order valence-electron chi connectivity index (χ2n) is 4.75. The van der Waals surface area contributed by atoms with Gasteiger partial charge in [0.2, 0.25) is 0 Å². The minimum atomic E-state index is -0.0864. The lowest BCUT2D eigenvalue weighted by Crippen LogP contribution is -2.03. The summed E-state index contributed by atoms with van der Waals surface area (Å²) in [5, 5.41) is 5.68. The van der Waals surface area contributed by atoms with Crippen LogP contribution in [0.3, 0.4) is 0 Å². The van der Waals surface area contributed by atoms with E-state index in [1.807, 2.05) is 11.6 Å². The Hall–Kier alpha value is -1.46. The molecule has 0 spiro atoms. The SMILES string of the molecule is COCCCCn1nc(C)c2c(Cl)c(C(C)=O)cnc21. The Morgan fingerprint density at radius 2 is 2.20 bits per heavy atom. The Labute approximate surface area is 122 Å². The Morgan fingerprint density at radius 1 is 1.45 bits per heavy atom. The summed E-state index contributed by atoms with van der Waals surface area (Å²) in [6.45, 7) is 4.86. The van der Waals surface area contributed by atoms with Crippen LogP contribution in [0.4, 0.5) is 0 Å². The molecule has 2 rings (SSSR count). The Morgan fingerprint density at radius 3 is 2.85 bits per heavy atom. The molecule has 6 heteroatoms. The van der Waals surface area contributed by atoms with E-state index in [-0.39, 0.29) is 5.78 Å². The number of methoxy groups -OCH3 is 1. The van der Waals surface area contributed by atoms with Crippen LogP contribution in [0.2, 0.25) is 5.02 Å². The highest BCUT2D eigenvalue weighted by Gasteiger charge is 2.17. The summed E-state index contributed by atoms with van der Waals surface area (Å²) in [5.74, 6) is -0.0864. The van der Waals surface area contributed by atoms with Gasteiger partial charge in [0.05, 0.1) is 21.7 Å². The lowest BCUT2D eigenvalue weighted by molar-refractivity contribution is 0.101. The van der Waals surface area contributed by atoms with E-state index in [2.05, 4.69) is 10.1 Å². The lowest BCUT2D eigenvalue weighted by Gasteiger charge is -2.04. The largest absolute Gasteiger partial charge is 0.385 e. The summed E-state index contributed by atoms with van der Waals surface area (Å²) in [5.41, 5.74) is 1.98. The third-order valence-electron chi connectivity index (χ3n) is 3.22. The number of Topliss-reactive ketones (excluding diaryl/α,β-unsaturated/α-hetero) is 1. The molecule has 0 atom stereocenters. The number of pyridine rings is 1. The van der Waals surface area contributed by atoms with Crippen molar-refractivity contribution in [3.05, 3.63) is 22.5 Å². The van der Waals surface area contributed by atoms with E-state index >= 15 is 0 Å². The zero-order valence-corrected chi connectivity index (χ0v) is 12.7. The molecule has 108 valence electrons. The third kappa shape index (κ3) is 2.83. The first kappa shape index (κ1) is 14.9. The minimum Gasteiger partial charge on any atom is -0.385 e. The summed E-state index contributed by atoms with van der Waals surface area (Å²) in [4.78, 5) is 15.9. The first-order chi connectivity index (χ1) is 9.56. The van der Waals surface area contributed by atoms with Gasteiger partial charge in [0.25, 0.3) is 0 Å². The number of halogens is 1. The van der Waals surface area contributed by atoms with Crippen molar-refractivity contribution < 1.29 is 9.53 Å². The van der Waals surface area contributed by atoms with Crippen LogP contribution < -0.4 is 0 Å². The average Bonchev–Trinajstić information content (AvgIpc) is 2.72. The van der Waals surface area contributed by atoms with Crippen LogP contribution >= 0.6 is 11.6 Å². The fourth-order valence-corrected chi connectivity index (χ4v) is 2.59. The standard InChI is InChI=1S/C14H18ClN3O2/c1-9-12-13(15)11(10(2)19)8-16-14(12)18(17-9)6-4-5-7-20-3/h8H,4-7H2,1-3H3. The van der Waals surface area contributed by atoms with Gasteiger partial charge in [-0.3, -0.25) is 4.79 Å². The van der Waals surface area contributed by atoms with Crippen LogP contribution in [0.25, 0.3) is 11.0 Å². The number of carbonyl (C=O) groups is 1. The number of aryl methyl sites for hydroxylation is 2. The van der Waals surface area contributed by atoms with Gasteiger partial charge in [0.1, 0.15) is 0 Å². The van der Waals surface area contributed by atoms with E-state index in [0.29, 0.717) is 10.6 Å². The van der Waals surface area contributed by atoms with Gasteiger partial charge in [-0.05, 0) is 26.7 Å². The van der Waals surface area contributed by atoms with Crippen LogP contribution in [-0.4, -0.2) is 34.3 Å². The molecule has 0 aliphatic carbocycles. The van der Waals surface area contributed by atoms with Crippen molar-refractivity contribution in [2.24, 2.45) is 0 Å². The van der Waals surface area contributed by atoms with E-state index in [4.69, 9.17) is 16.3 Å². The summed E-state index contributed by atoms with van der Waals surface area (Å²) < 4.78 is 6.87. The maximum absolute atomic E-state index is 11.5. The zero-order chi connectivity index (χ0) is 14.7. The molecule has 2 heterocycles. The second kappa shape index (κ2) is 6.33. The molecule has 0 radical (unpaired) electrons. The maximum Gasteiger partial charge on any atom is 0.162 e. The second-order valence-corrected chi connectivity index (χ2v) is 5.13. The molecule has 0 N–H and O–H groups in total. The van der Waals surface area contributed by atoms with Crippen LogP contribution in [0.15, 0.2) is 6.20 Å². The quantitative estimate of drug-likeness (QED) is 0.607. The maximum atomic E-state index is 11.5. The molecule has 0 saturated carbocycles. The van der Waals surface area contributed by atoms with Crippen molar-refractivity contribution in [2.45, 2.75) is 33.2 Å². The highest BCUT2D eigenvalue weighted by atomic mass is 35.5. The summed E-state index contributed by atoms with van der Waals surface area (Å²) in [6, 6.07) is 0. The van der Waals surface area contributed by atoms with E-state index in [0.717, 1.165) is 42.7 Å². The minimum absolute atomic E-state index is 0.0864. The fraction of sp³-hybridized carbons (Fsp3) is 0.500. The normalized spacial score (nSPS) is 11.2. The predicted octanol–water partition coefficient (Wildman–Crippen LogP) is 3.02. The molecule has 0 bridgehead atoms. The topological polar surface area (TPSA) is 57.0 Å². The molecule has 0 saturated heterocycles. The van der Waals surface area contributed by atoms with Crippen LogP contribution in [0.5, 0.6) is 0 Å². The number of aromatic nitrogens is 3. The number of hydrogen-bond acceptors (Lipinski definition) is 4. The van der Waals surface area contributed by atoms with Gasteiger partial charge in [0.15, 0.2) is 11.4 Å². The highest BCUT2D eigenvalue weighted by Crippen LogP contribution is 2.28. The number of carbonyl (C=O) groups excluding carboxylic acids is 1. The molecule has 0 fully saturated rings. The predicted molar refractivity (Wildman–Crippen MR) is 78.4 cm³/mol. The monoisotopic (exact) mass is 295 g/mol. The van der Waals surface area contributed by atoms with E-state index in [1.54, 1.807) is 7.11 Å². The van der Waals surface area contributed by atoms with Gasteiger partial charge in [0, 0.05) is 26.5 Å². The zero-order valence-electron chi connectivity index (χ0n) is 11.9. The number of rotatable bonds is 6. The summed E-state index contributed by atoms with van der Waals surface area (Å²) in [7, 11) is 1.69. The Balaban J connectivity index is 2.35. The van der Waals surface area contributed by atoms with Crippen molar-refractivity contribution in [1.29, 1.82) is 0 Å². The number of fused-ring (bicyclic) bond motifs is 1. The lowest BCUT2D eigenvalue weighted by atomic mass is 10.1. The molecule has 0 aliphatic heterocycles. The highest BCUT2D eigenvalue weighted by molar-refractivity contribution is 6.38. The molecule has 20 heavy (non-hydrogen) atoms. The molecule has 0 unspecified atom stereocenters. The molecule has 0 aliphatic rings. The first-order valence-electron chi connectivity index (χ1n) is 6.57. The smallest absolute Gasteiger partial charge is 0.162 e. The van der Waals surface area contributed by atoms with Gasteiger partial charge < -0.3 is 4.74 Å². The van der Waals surface area contributed by atoms with Gasteiger partial charge in [-0.1, -0.05) is 11.6 Å². The Kier molecular flexibility index (Phi) is 4.73. The molecular formula is C14H18ClN3O2. The van der Waals surface area contributed by atoms with Gasteiger partial charge >= 0.3 is 0 Å². The number of ether oxygens (including phenoxy) is 1.